The minimum Gasteiger partial charge on any atom is -0.497 e. The molecule has 28 heavy (non-hydrogen) atoms. The minimum atomic E-state index is -0.368. The summed E-state index contributed by atoms with van der Waals surface area (Å²) in [5.74, 6) is 1.80. The standard InChI is InChI=1S/C19H22N6O3/c1-12-22-17(28-24-12)9-16-19(26)20-7-8-25(16)11-14-10-21-23-18(14)13-3-5-15(27-2)6-4-13/h3-6,10,16H,7-9,11H2,1-2H3,(H,20,26)(H,21,23). The third-order valence-corrected chi connectivity index (χ3v) is 4.85. The van der Waals surface area contributed by atoms with E-state index >= 15 is 0 Å². The number of H-pyrrole nitrogens is 1. The summed E-state index contributed by atoms with van der Waals surface area (Å²) in [4.78, 5) is 18.8. The number of aromatic amines is 1. The van der Waals surface area contributed by atoms with Crippen LogP contribution in [0.5, 0.6) is 5.75 Å². The molecule has 0 saturated carbocycles. The van der Waals surface area contributed by atoms with E-state index < -0.39 is 0 Å². The number of aromatic nitrogens is 4. The number of carbonyl (C=O) groups is 1. The average molecular weight is 382 g/mol. The van der Waals surface area contributed by atoms with Gasteiger partial charge in [0, 0.05) is 30.8 Å². The van der Waals surface area contributed by atoms with Crippen molar-refractivity contribution in [3.05, 3.63) is 47.7 Å². The topological polar surface area (TPSA) is 109 Å². The van der Waals surface area contributed by atoms with Crippen molar-refractivity contribution in [1.82, 2.24) is 30.6 Å². The molecule has 3 heterocycles. The fourth-order valence-electron chi connectivity index (χ4n) is 3.42. The average Bonchev–Trinajstić information content (AvgIpc) is 3.33. The second-order valence-corrected chi connectivity index (χ2v) is 6.72. The molecule has 146 valence electrons. The van der Waals surface area contributed by atoms with Crippen LogP contribution in [0.3, 0.4) is 0 Å². The van der Waals surface area contributed by atoms with Crippen molar-refractivity contribution in [3.63, 3.8) is 0 Å². The Morgan fingerprint density at radius 3 is 2.86 bits per heavy atom. The predicted molar refractivity (Wildman–Crippen MR) is 101 cm³/mol. The van der Waals surface area contributed by atoms with Crippen molar-refractivity contribution in [1.29, 1.82) is 0 Å². The van der Waals surface area contributed by atoms with Crippen molar-refractivity contribution in [2.45, 2.75) is 25.9 Å². The smallest absolute Gasteiger partial charge is 0.237 e. The summed E-state index contributed by atoms with van der Waals surface area (Å²) in [7, 11) is 1.64. The lowest BCUT2D eigenvalue weighted by Crippen LogP contribution is -2.55. The van der Waals surface area contributed by atoms with E-state index in [1.807, 2.05) is 24.3 Å². The van der Waals surface area contributed by atoms with Crippen molar-refractivity contribution < 1.29 is 14.1 Å². The van der Waals surface area contributed by atoms with Crippen LogP contribution in [-0.4, -0.2) is 57.4 Å². The first-order valence-corrected chi connectivity index (χ1v) is 9.11. The number of nitrogens with zero attached hydrogens (tertiary/aromatic N) is 4. The molecule has 0 bridgehead atoms. The van der Waals surface area contributed by atoms with Crippen LogP contribution in [0.15, 0.2) is 35.0 Å². The number of ether oxygens (including phenoxy) is 1. The molecule has 1 aromatic carbocycles. The summed E-state index contributed by atoms with van der Waals surface area (Å²) in [5.41, 5.74) is 2.96. The third kappa shape index (κ3) is 3.74. The van der Waals surface area contributed by atoms with E-state index in [2.05, 4.69) is 30.6 Å². The van der Waals surface area contributed by atoms with Gasteiger partial charge in [0.2, 0.25) is 11.8 Å². The molecule has 2 aromatic heterocycles. The van der Waals surface area contributed by atoms with Gasteiger partial charge in [-0.3, -0.25) is 14.8 Å². The highest BCUT2D eigenvalue weighted by molar-refractivity contribution is 5.82. The molecule has 1 saturated heterocycles. The maximum absolute atomic E-state index is 12.5. The number of carbonyl (C=O) groups excluding carboxylic acids is 1. The van der Waals surface area contributed by atoms with Gasteiger partial charge in [-0.25, -0.2) is 0 Å². The normalized spacial score (nSPS) is 17.5. The first-order chi connectivity index (χ1) is 13.6. The Labute approximate surface area is 162 Å². The first kappa shape index (κ1) is 18.2. The lowest BCUT2D eigenvalue weighted by atomic mass is 10.0. The van der Waals surface area contributed by atoms with Crippen LogP contribution in [0.25, 0.3) is 11.3 Å². The molecule has 9 heteroatoms. The van der Waals surface area contributed by atoms with Crippen molar-refractivity contribution in [2.75, 3.05) is 20.2 Å². The summed E-state index contributed by atoms with van der Waals surface area (Å²) >= 11 is 0. The number of piperazine rings is 1. The maximum Gasteiger partial charge on any atom is 0.237 e. The molecule has 0 radical (unpaired) electrons. The second-order valence-electron chi connectivity index (χ2n) is 6.72. The molecule has 3 aromatic rings. The summed E-state index contributed by atoms with van der Waals surface area (Å²) in [6.45, 7) is 3.69. The number of hydrogen-bond acceptors (Lipinski definition) is 7. The molecule has 1 fully saturated rings. The molecular weight excluding hydrogens is 360 g/mol. The predicted octanol–water partition coefficient (Wildman–Crippen LogP) is 1.32. The van der Waals surface area contributed by atoms with Gasteiger partial charge < -0.3 is 14.6 Å². The molecule has 2 N–H and O–H groups in total. The van der Waals surface area contributed by atoms with Crippen LogP contribution in [0, 0.1) is 6.92 Å². The first-order valence-electron chi connectivity index (χ1n) is 9.11. The van der Waals surface area contributed by atoms with Gasteiger partial charge in [-0.05, 0) is 31.2 Å². The van der Waals surface area contributed by atoms with Crippen molar-refractivity contribution >= 4 is 5.91 Å². The van der Waals surface area contributed by atoms with Crippen LogP contribution in [0.2, 0.25) is 0 Å². The summed E-state index contributed by atoms with van der Waals surface area (Å²) in [5, 5.41) is 14.0. The maximum atomic E-state index is 12.5. The molecule has 1 amide bonds. The number of benzene rings is 1. The monoisotopic (exact) mass is 382 g/mol. The number of rotatable bonds is 6. The molecule has 1 aliphatic heterocycles. The number of nitrogens with one attached hydrogen (secondary N) is 2. The van der Waals surface area contributed by atoms with Gasteiger partial charge in [0.1, 0.15) is 5.75 Å². The van der Waals surface area contributed by atoms with Crippen LogP contribution in [0.1, 0.15) is 17.3 Å². The lowest BCUT2D eigenvalue weighted by Gasteiger charge is -2.34. The Bertz CT molecular complexity index is 949. The Morgan fingerprint density at radius 2 is 2.14 bits per heavy atom. The van der Waals surface area contributed by atoms with Gasteiger partial charge in [0.25, 0.3) is 0 Å². The van der Waals surface area contributed by atoms with E-state index in [4.69, 9.17) is 9.26 Å². The van der Waals surface area contributed by atoms with Crippen molar-refractivity contribution in [2.24, 2.45) is 0 Å². The Balaban J connectivity index is 1.55. The van der Waals surface area contributed by atoms with E-state index in [1.165, 1.54) is 0 Å². The highest BCUT2D eigenvalue weighted by Crippen LogP contribution is 2.25. The van der Waals surface area contributed by atoms with E-state index in [0.717, 1.165) is 29.1 Å². The number of aryl methyl sites for hydroxylation is 1. The fraction of sp³-hybridized carbons (Fsp3) is 0.368. The minimum absolute atomic E-state index is 0.0309. The summed E-state index contributed by atoms with van der Waals surface area (Å²) < 4.78 is 10.4. The Hall–Kier alpha value is -3.20. The van der Waals surface area contributed by atoms with E-state index in [9.17, 15) is 4.79 Å². The van der Waals surface area contributed by atoms with Gasteiger partial charge in [-0.2, -0.15) is 10.1 Å². The molecule has 0 aliphatic carbocycles. The molecule has 4 rings (SSSR count). The Morgan fingerprint density at radius 1 is 1.32 bits per heavy atom. The quantitative estimate of drug-likeness (QED) is 0.662. The van der Waals surface area contributed by atoms with Crippen LogP contribution in [0.4, 0.5) is 0 Å². The number of hydrogen-bond donors (Lipinski definition) is 2. The largest absolute Gasteiger partial charge is 0.497 e. The summed E-state index contributed by atoms with van der Waals surface area (Å²) in [6.07, 6.45) is 2.18. The molecule has 0 spiro atoms. The SMILES string of the molecule is COc1ccc(-c2[nH]ncc2CN2CCNC(=O)C2Cc2nc(C)no2)cc1. The lowest BCUT2D eigenvalue weighted by molar-refractivity contribution is -0.129. The molecule has 1 atom stereocenters. The second kappa shape index (κ2) is 7.81. The highest BCUT2D eigenvalue weighted by Gasteiger charge is 2.32. The van der Waals surface area contributed by atoms with Gasteiger partial charge in [0.05, 0.1) is 31.5 Å². The molecule has 1 unspecified atom stereocenters. The molecular formula is C19H22N6O3. The third-order valence-electron chi connectivity index (χ3n) is 4.85. The zero-order valence-corrected chi connectivity index (χ0v) is 15.8. The zero-order valence-electron chi connectivity index (χ0n) is 15.8. The van der Waals surface area contributed by atoms with Crippen molar-refractivity contribution in [3.8, 4) is 17.0 Å². The summed E-state index contributed by atoms with van der Waals surface area (Å²) in [6, 6.07) is 7.42. The molecule has 9 nitrogen and oxygen atoms in total. The van der Waals surface area contributed by atoms with Crippen LogP contribution in [-0.2, 0) is 17.8 Å². The highest BCUT2D eigenvalue weighted by atomic mass is 16.5. The van der Waals surface area contributed by atoms with E-state index in [1.54, 1.807) is 20.2 Å². The number of methoxy groups -OCH3 is 1. The van der Waals surface area contributed by atoms with Gasteiger partial charge in [-0.1, -0.05) is 5.16 Å². The van der Waals surface area contributed by atoms with E-state index in [-0.39, 0.29) is 11.9 Å². The van der Waals surface area contributed by atoms with Gasteiger partial charge in [-0.15, -0.1) is 0 Å². The zero-order chi connectivity index (χ0) is 19.5. The number of amides is 1. The van der Waals surface area contributed by atoms with Crippen LogP contribution < -0.4 is 10.1 Å². The Kier molecular flexibility index (Phi) is 5.07. The fourth-order valence-corrected chi connectivity index (χ4v) is 3.42. The van der Waals surface area contributed by atoms with Crippen LogP contribution >= 0.6 is 0 Å². The molecule has 1 aliphatic rings. The van der Waals surface area contributed by atoms with Gasteiger partial charge in [0.15, 0.2) is 5.82 Å². The van der Waals surface area contributed by atoms with E-state index in [0.29, 0.717) is 31.2 Å². The van der Waals surface area contributed by atoms with Gasteiger partial charge >= 0.3 is 0 Å².